The van der Waals surface area contributed by atoms with Crippen LogP contribution in [0.2, 0.25) is 0 Å². The van der Waals surface area contributed by atoms with Gasteiger partial charge in [0, 0.05) is 44.4 Å². The molecule has 0 spiro atoms. The number of fused-ring (bicyclic) bond motifs is 3. The summed E-state index contributed by atoms with van der Waals surface area (Å²) in [5.74, 6) is -8.22. The Hall–Kier alpha value is -3.54. The number of benzene rings is 1. The van der Waals surface area contributed by atoms with Crippen molar-refractivity contribution in [1.82, 2.24) is 10.2 Å². The van der Waals surface area contributed by atoms with Crippen LogP contribution in [0.5, 0.6) is 5.75 Å². The van der Waals surface area contributed by atoms with Gasteiger partial charge in [-0.05, 0) is 44.5 Å². The number of carbonyl (C=O) groups excluding carboxylic acids is 4. The molecule has 3 unspecified atom stereocenters. The third-order valence-electron chi connectivity index (χ3n) is 8.06. The molecule has 1 aromatic carbocycles. The summed E-state index contributed by atoms with van der Waals surface area (Å²) in [6, 6.07) is 0.666. The highest BCUT2D eigenvalue weighted by Gasteiger charge is 2.66. The van der Waals surface area contributed by atoms with Crippen LogP contribution in [0.4, 0.5) is 5.69 Å². The number of phenolic OH excluding ortho intramolecular Hbond substituents is 1. The number of likely N-dealkylation sites (N-methyl/N-ethyl adjacent to an activating group) is 1. The fourth-order valence-corrected chi connectivity index (χ4v) is 6.41. The highest BCUT2D eigenvalue weighted by atomic mass is 16.3. The number of anilines is 1. The lowest BCUT2D eigenvalue weighted by atomic mass is 9.54. The van der Waals surface area contributed by atoms with Crippen LogP contribution in [0.25, 0.3) is 0 Å². The van der Waals surface area contributed by atoms with Crippen molar-refractivity contribution in [2.75, 3.05) is 39.6 Å². The Bertz CT molecular complexity index is 1280. The maximum absolute atomic E-state index is 14.0. The van der Waals surface area contributed by atoms with Crippen LogP contribution < -0.4 is 16.0 Å². The summed E-state index contributed by atoms with van der Waals surface area (Å²) in [4.78, 5) is 56.5. The minimum atomic E-state index is -2.66. The zero-order valence-corrected chi connectivity index (χ0v) is 21.9. The fraction of sp³-hybridized carbons (Fsp3) is 0.481. The summed E-state index contributed by atoms with van der Waals surface area (Å²) in [7, 11) is 6.74. The van der Waals surface area contributed by atoms with Crippen molar-refractivity contribution in [3.63, 3.8) is 0 Å². The summed E-state index contributed by atoms with van der Waals surface area (Å²) in [6.07, 6.45) is 1.93. The summed E-state index contributed by atoms with van der Waals surface area (Å²) in [6.45, 7) is 4.37. The number of ketones is 3. The van der Waals surface area contributed by atoms with Crippen molar-refractivity contribution in [2.24, 2.45) is 23.5 Å². The number of hydrogen-bond acceptors (Lipinski definition) is 10. The molecule has 1 saturated carbocycles. The first-order chi connectivity index (χ1) is 17.8. The summed E-state index contributed by atoms with van der Waals surface area (Å²) in [5.41, 5.74) is 3.58. The highest BCUT2D eigenvalue weighted by Crippen LogP contribution is 2.53. The lowest BCUT2D eigenvalue weighted by Gasteiger charge is -2.52. The number of aromatic hydroxyl groups is 1. The predicted molar refractivity (Wildman–Crippen MR) is 139 cm³/mol. The number of phenols is 1. The van der Waals surface area contributed by atoms with Gasteiger partial charge < -0.3 is 31.3 Å². The van der Waals surface area contributed by atoms with E-state index >= 15 is 0 Å². The van der Waals surface area contributed by atoms with E-state index in [1.54, 1.807) is 26.2 Å². The van der Waals surface area contributed by atoms with E-state index in [2.05, 4.69) is 11.9 Å². The zero-order chi connectivity index (χ0) is 28.3. The molecule has 0 bridgehead atoms. The standard InChI is InChI=1S/C27H34N4O7/c1-6-7-29-11-13-10-16(30(2)3)14-8-12-9-15-20(31(4)5)23(34)19(26(28)37)25(36)27(15,38)24(35)17(12)22(33)18(14)21(13)32/h6,10,12,15,17,20,29,32,36,38H,1,7-9,11H2,2-5H3,(H2,28,37)/t12?,15?,17?,20-,27-/m0/s1. The minimum Gasteiger partial charge on any atom is -0.508 e. The van der Waals surface area contributed by atoms with Crippen LogP contribution in [0.1, 0.15) is 27.9 Å². The molecule has 3 aliphatic carbocycles. The van der Waals surface area contributed by atoms with Gasteiger partial charge in [0.25, 0.3) is 5.91 Å². The molecule has 1 fully saturated rings. The topological polar surface area (TPSA) is 174 Å². The van der Waals surface area contributed by atoms with Gasteiger partial charge in [0.1, 0.15) is 17.1 Å². The number of aliphatic hydroxyl groups is 2. The molecule has 0 aliphatic heterocycles. The number of carbonyl (C=O) groups is 4. The number of nitrogens with two attached hydrogens (primary N) is 1. The van der Waals surface area contributed by atoms with E-state index in [-0.39, 0.29) is 30.7 Å². The third-order valence-corrected chi connectivity index (χ3v) is 8.06. The van der Waals surface area contributed by atoms with Crippen LogP contribution in [0.3, 0.4) is 0 Å². The second-order valence-corrected chi connectivity index (χ2v) is 10.7. The summed E-state index contributed by atoms with van der Waals surface area (Å²) < 4.78 is 0. The number of aliphatic hydroxyl groups excluding tert-OH is 1. The first-order valence-electron chi connectivity index (χ1n) is 12.4. The van der Waals surface area contributed by atoms with E-state index in [0.29, 0.717) is 23.4 Å². The van der Waals surface area contributed by atoms with E-state index in [0.717, 1.165) is 0 Å². The highest BCUT2D eigenvalue weighted by molar-refractivity contribution is 6.25. The van der Waals surface area contributed by atoms with Crippen molar-refractivity contribution < 1.29 is 34.5 Å². The first kappa shape index (κ1) is 27.5. The number of Topliss-reactive ketones (excluding diaryl/α,β-unsaturated/α-hetero) is 3. The van der Waals surface area contributed by atoms with Gasteiger partial charge in [-0.3, -0.25) is 24.1 Å². The lowest BCUT2D eigenvalue weighted by molar-refractivity contribution is -0.163. The Kier molecular flexibility index (Phi) is 6.98. The lowest BCUT2D eigenvalue weighted by Crippen LogP contribution is -2.68. The number of nitrogens with one attached hydrogen (secondary N) is 1. The number of nitrogens with zero attached hydrogens (tertiary/aromatic N) is 2. The third kappa shape index (κ3) is 3.84. The van der Waals surface area contributed by atoms with E-state index < -0.39 is 64.0 Å². The Morgan fingerprint density at radius 2 is 1.87 bits per heavy atom. The van der Waals surface area contributed by atoms with Gasteiger partial charge in [-0.25, -0.2) is 0 Å². The molecule has 6 N–H and O–H groups in total. The SMILES string of the molecule is C=CCNCc1cc(N(C)C)c2c(c1O)C(=O)C1C(=O)[C@]3(O)C(O)=C(C(N)=O)C(=O)[C@@H](N(C)C)C3CC1C2. The molecule has 3 aliphatic rings. The maximum atomic E-state index is 14.0. The normalized spacial score (nSPS) is 28.6. The molecule has 5 atom stereocenters. The van der Waals surface area contributed by atoms with Gasteiger partial charge in [-0.1, -0.05) is 6.08 Å². The van der Waals surface area contributed by atoms with E-state index in [1.807, 2.05) is 19.0 Å². The molecule has 0 aromatic heterocycles. The number of rotatable bonds is 7. The Morgan fingerprint density at radius 3 is 2.42 bits per heavy atom. The van der Waals surface area contributed by atoms with Gasteiger partial charge in [-0.2, -0.15) is 0 Å². The first-order valence-corrected chi connectivity index (χ1v) is 12.4. The molecule has 1 aromatic rings. The molecule has 204 valence electrons. The van der Waals surface area contributed by atoms with Crippen molar-refractivity contribution in [3.8, 4) is 5.75 Å². The second-order valence-electron chi connectivity index (χ2n) is 10.7. The van der Waals surface area contributed by atoms with Crippen LogP contribution in [0, 0.1) is 17.8 Å². The summed E-state index contributed by atoms with van der Waals surface area (Å²) >= 11 is 0. The Balaban J connectivity index is 1.89. The molecular weight excluding hydrogens is 492 g/mol. The van der Waals surface area contributed by atoms with Crippen molar-refractivity contribution in [3.05, 3.63) is 46.7 Å². The van der Waals surface area contributed by atoms with Crippen molar-refractivity contribution >= 4 is 28.9 Å². The van der Waals surface area contributed by atoms with E-state index in [1.165, 1.54) is 4.90 Å². The van der Waals surface area contributed by atoms with Gasteiger partial charge >= 0.3 is 0 Å². The van der Waals surface area contributed by atoms with Crippen molar-refractivity contribution in [2.45, 2.75) is 31.0 Å². The number of primary amides is 1. The molecule has 0 heterocycles. The molecule has 1 amide bonds. The van der Waals surface area contributed by atoms with Gasteiger partial charge in [0.05, 0.1) is 17.5 Å². The smallest absolute Gasteiger partial charge is 0.255 e. The number of amides is 1. The Morgan fingerprint density at radius 1 is 1.21 bits per heavy atom. The fourth-order valence-electron chi connectivity index (χ4n) is 6.41. The second kappa shape index (κ2) is 9.64. The average molecular weight is 527 g/mol. The van der Waals surface area contributed by atoms with E-state index in [4.69, 9.17) is 5.73 Å². The maximum Gasteiger partial charge on any atom is 0.255 e. The average Bonchev–Trinajstić information content (AvgIpc) is 2.82. The Labute approximate surface area is 220 Å². The summed E-state index contributed by atoms with van der Waals surface area (Å²) in [5, 5.41) is 36.9. The molecule has 0 saturated heterocycles. The minimum absolute atomic E-state index is 0.00195. The van der Waals surface area contributed by atoms with Crippen LogP contribution in [-0.4, -0.2) is 89.9 Å². The largest absolute Gasteiger partial charge is 0.508 e. The number of hydrogen-bond donors (Lipinski definition) is 5. The van der Waals surface area contributed by atoms with Crippen LogP contribution in [0.15, 0.2) is 30.1 Å². The molecule has 0 radical (unpaired) electrons. The molecule has 11 heteroatoms. The van der Waals surface area contributed by atoms with Gasteiger partial charge in [0.2, 0.25) is 0 Å². The van der Waals surface area contributed by atoms with Crippen LogP contribution in [-0.2, 0) is 27.3 Å². The molecule has 38 heavy (non-hydrogen) atoms. The van der Waals surface area contributed by atoms with Gasteiger partial charge in [-0.15, -0.1) is 6.58 Å². The monoisotopic (exact) mass is 526 g/mol. The van der Waals surface area contributed by atoms with E-state index in [9.17, 15) is 34.5 Å². The van der Waals surface area contributed by atoms with Crippen LogP contribution >= 0.6 is 0 Å². The predicted octanol–water partition coefficient (Wildman–Crippen LogP) is -0.165. The van der Waals surface area contributed by atoms with Gasteiger partial charge in [0.15, 0.2) is 23.0 Å². The quantitative estimate of drug-likeness (QED) is 0.139. The van der Waals surface area contributed by atoms with Crippen molar-refractivity contribution in [1.29, 1.82) is 0 Å². The zero-order valence-electron chi connectivity index (χ0n) is 21.9. The molecule has 4 rings (SSSR count). The molecular formula is C27H34N4O7. The molecule has 11 nitrogen and oxygen atoms in total.